The Kier molecular flexibility index (Phi) is 8.48. The van der Waals surface area contributed by atoms with E-state index in [2.05, 4.69) is 60.7 Å². The molecule has 2 heteroatoms. The van der Waals surface area contributed by atoms with Crippen LogP contribution in [0.4, 0.5) is 0 Å². The standard InChI is InChI=1S/C43H36O2/c1-3-17-37-35(31-19-9-5-10-20-31)27-29-39(41(37)44)43(33-23-13-7-14-24-33,34-25-15-8-16-26-34)40-30-28-36(32-21-11-6-12-22-32)38(18-4-2)42(40)45/h3-30,44-45H,1-2H3. The van der Waals surface area contributed by atoms with E-state index in [1.54, 1.807) is 0 Å². The van der Waals surface area contributed by atoms with E-state index in [4.69, 9.17) is 0 Å². The second-order valence-corrected chi connectivity index (χ2v) is 11.1. The van der Waals surface area contributed by atoms with E-state index in [1.165, 1.54) is 0 Å². The maximum Gasteiger partial charge on any atom is 0.128 e. The molecule has 0 atom stereocenters. The van der Waals surface area contributed by atoms with Crippen molar-refractivity contribution in [3.8, 4) is 33.8 Å². The molecule has 0 aliphatic carbocycles. The quantitative estimate of drug-likeness (QED) is 0.175. The van der Waals surface area contributed by atoms with Gasteiger partial charge in [0.25, 0.3) is 0 Å². The highest BCUT2D eigenvalue weighted by Crippen LogP contribution is 2.54. The van der Waals surface area contributed by atoms with Gasteiger partial charge in [-0.2, -0.15) is 0 Å². The summed E-state index contributed by atoms with van der Waals surface area (Å²) in [7, 11) is 0. The number of allylic oxidation sites excluding steroid dienone is 2. The van der Waals surface area contributed by atoms with Gasteiger partial charge >= 0.3 is 0 Å². The van der Waals surface area contributed by atoms with E-state index in [0.29, 0.717) is 11.1 Å². The van der Waals surface area contributed by atoms with E-state index in [1.807, 2.05) is 123 Å². The van der Waals surface area contributed by atoms with Crippen LogP contribution in [0.25, 0.3) is 34.4 Å². The zero-order valence-electron chi connectivity index (χ0n) is 25.6. The van der Waals surface area contributed by atoms with Crippen molar-refractivity contribution in [2.24, 2.45) is 0 Å². The van der Waals surface area contributed by atoms with Gasteiger partial charge in [-0.3, -0.25) is 0 Å². The van der Waals surface area contributed by atoms with Crippen molar-refractivity contribution in [1.29, 1.82) is 0 Å². The highest BCUT2D eigenvalue weighted by atomic mass is 16.3. The van der Waals surface area contributed by atoms with Gasteiger partial charge in [0.1, 0.15) is 11.5 Å². The molecule has 0 aliphatic heterocycles. The molecule has 0 fully saturated rings. The van der Waals surface area contributed by atoms with Gasteiger partial charge in [-0.1, -0.05) is 170 Å². The molecule has 0 unspecified atom stereocenters. The van der Waals surface area contributed by atoms with Gasteiger partial charge in [-0.15, -0.1) is 0 Å². The van der Waals surface area contributed by atoms with E-state index in [9.17, 15) is 10.2 Å². The van der Waals surface area contributed by atoms with E-state index in [0.717, 1.165) is 44.5 Å². The third kappa shape index (κ3) is 5.25. The predicted molar refractivity (Wildman–Crippen MR) is 188 cm³/mol. The largest absolute Gasteiger partial charge is 0.507 e. The molecule has 0 spiro atoms. The zero-order chi connectivity index (χ0) is 31.2. The number of benzene rings is 6. The number of rotatable bonds is 8. The Balaban J connectivity index is 1.77. The summed E-state index contributed by atoms with van der Waals surface area (Å²) in [5.41, 5.74) is 7.52. The van der Waals surface area contributed by atoms with Gasteiger partial charge in [0.05, 0.1) is 5.41 Å². The zero-order valence-corrected chi connectivity index (χ0v) is 25.6. The maximum atomic E-state index is 12.4. The number of hydrogen-bond acceptors (Lipinski definition) is 2. The Morgan fingerprint density at radius 2 is 0.756 bits per heavy atom. The van der Waals surface area contributed by atoms with Crippen LogP contribution in [-0.2, 0) is 5.41 Å². The molecule has 2 nitrogen and oxygen atoms in total. The third-order valence-electron chi connectivity index (χ3n) is 8.49. The van der Waals surface area contributed by atoms with Gasteiger partial charge in [0.2, 0.25) is 0 Å². The Morgan fingerprint density at radius 1 is 0.422 bits per heavy atom. The van der Waals surface area contributed by atoms with E-state index >= 15 is 0 Å². The first-order valence-electron chi connectivity index (χ1n) is 15.3. The topological polar surface area (TPSA) is 40.5 Å². The molecule has 0 saturated heterocycles. The van der Waals surface area contributed by atoms with Gasteiger partial charge in [0.15, 0.2) is 0 Å². The fourth-order valence-corrected chi connectivity index (χ4v) is 6.54. The molecule has 0 aromatic heterocycles. The maximum absolute atomic E-state index is 12.4. The second kappa shape index (κ2) is 13.0. The molecular weight excluding hydrogens is 548 g/mol. The summed E-state index contributed by atoms with van der Waals surface area (Å²) in [6.45, 7) is 3.92. The molecule has 2 N–H and O–H groups in total. The molecule has 0 bridgehead atoms. The van der Waals surface area contributed by atoms with E-state index < -0.39 is 5.41 Å². The molecule has 220 valence electrons. The fourth-order valence-electron chi connectivity index (χ4n) is 6.54. The number of phenolic OH excluding ortho intramolecular Hbond substituents is 2. The highest BCUT2D eigenvalue weighted by molar-refractivity contribution is 5.84. The summed E-state index contributed by atoms with van der Waals surface area (Å²) in [6.07, 6.45) is 7.83. The monoisotopic (exact) mass is 584 g/mol. The first kappa shape index (κ1) is 29.5. The van der Waals surface area contributed by atoms with Crippen LogP contribution in [0.1, 0.15) is 47.2 Å². The highest BCUT2D eigenvalue weighted by Gasteiger charge is 2.43. The molecule has 6 aromatic rings. The van der Waals surface area contributed by atoms with Crippen LogP contribution in [0, 0.1) is 0 Å². The second-order valence-electron chi connectivity index (χ2n) is 11.1. The van der Waals surface area contributed by atoms with Crippen LogP contribution < -0.4 is 0 Å². The third-order valence-corrected chi connectivity index (χ3v) is 8.49. The smallest absolute Gasteiger partial charge is 0.128 e. The molecule has 0 radical (unpaired) electrons. The minimum atomic E-state index is -1.06. The molecule has 0 aliphatic rings. The molecule has 0 amide bonds. The lowest BCUT2D eigenvalue weighted by atomic mass is 9.63. The minimum Gasteiger partial charge on any atom is -0.507 e. The van der Waals surface area contributed by atoms with Crippen LogP contribution >= 0.6 is 0 Å². The number of aromatic hydroxyl groups is 2. The van der Waals surface area contributed by atoms with Crippen LogP contribution in [0.5, 0.6) is 11.5 Å². The van der Waals surface area contributed by atoms with Crippen LogP contribution in [-0.4, -0.2) is 10.2 Å². The normalized spacial score (nSPS) is 11.8. The van der Waals surface area contributed by atoms with Crippen molar-refractivity contribution < 1.29 is 10.2 Å². The summed E-state index contributed by atoms with van der Waals surface area (Å²) in [6, 6.07) is 48.8. The van der Waals surface area contributed by atoms with E-state index in [-0.39, 0.29) is 11.5 Å². The van der Waals surface area contributed by atoms with Gasteiger partial charge in [-0.05, 0) is 47.2 Å². The first-order chi connectivity index (χ1) is 22.1. The molecule has 45 heavy (non-hydrogen) atoms. The lowest BCUT2D eigenvalue weighted by Crippen LogP contribution is -2.31. The van der Waals surface area contributed by atoms with Crippen molar-refractivity contribution in [3.63, 3.8) is 0 Å². The average molecular weight is 585 g/mol. The van der Waals surface area contributed by atoms with Gasteiger partial charge in [-0.25, -0.2) is 0 Å². The summed E-state index contributed by atoms with van der Waals surface area (Å²) in [5, 5.41) is 24.9. The Morgan fingerprint density at radius 3 is 1.09 bits per heavy atom. The lowest BCUT2D eigenvalue weighted by Gasteiger charge is -2.38. The average Bonchev–Trinajstić information content (AvgIpc) is 3.10. The Labute approximate surface area is 265 Å². The summed E-state index contributed by atoms with van der Waals surface area (Å²) in [4.78, 5) is 0. The molecule has 6 aromatic carbocycles. The van der Waals surface area contributed by atoms with Crippen LogP contribution in [0.15, 0.2) is 158 Å². The van der Waals surface area contributed by atoms with Crippen molar-refractivity contribution in [1.82, 2.24) is 0 Å². The van der Waals surface area contributed by atoms with Gasteiger partial charge in [0, 0.05) is 22.3 Å². The summed E-state index contributed by atoms with van der Waals surface area (Å²) in [5.74, 6) is 0.336. The van der Waals surface area contributed by atoms with Gasteiger partial charge < -0.3 is 10.2 Å². The van der Waals surface area contributed by atoms with Crippen LogP contribution in [0.2, 0.25) is 0 Å². The number of phenols is 2. The Hall–Kier alpha value is -5.60. The first-order valence-corrected chi connectivity index (χ1v) is 15.3. The summed E-state index contributed by atoms with van der Waals surface area (Å²) >= 11 is 0. The van der Waals surface area contributed by atoms with Crippen molar-refractivity contribution in [3.05, 3.63) is 191 Å². The van der Waals surface area contributed by atoms with Crippen molar-refractivity contribution >= 4 is 12.2 Å². The Bertz CT molecular complexity index is 1810. The minimum absolute atomic E-state index is 0.168. The lowest BCUT2D eigenvalue weighted by molar-refractivity contribution is 0.446. The molecule has 0 saturated carbocycles. The summed E-state index contributed by atoms with van der Waals surface area (Å²) < 4.78 is 0. The molecular formula is C43H36O2. The SMILES string of the molecule is CC=Cc1c(-c2ccccc2)ccc(C(c2ccccc2)(c2ccccc2)c2ccc(-c3ccccc3)c(C=CC)c2O)c1O. The number of hydrogen-bond donors (Lipinski definition) is 2. The molecule has 6 rings (SSSR count). The molecule has 0 heterocycles. The van der Waals surface area contributed by atoms with Crippen LogP contribution in [0.3, 0.4) is 0 Å². The predicted octanol–water partition coefficient (Wildman–Crippen LogP) is 10.9. The van der Waals surface area contributed by atoms with Crippen molar-refractivity contribution in [2.45, 2.75) is 19.3 Å². The fraction of sp³-hybridized carbons (Fsp3) is 0.0698. The van der Waals surface area contributed by atoms with Crippen molar-refractivity contribution in [2.75, 3.05) is 0 Å².